The third-order valence-corrected chi connectivity index (χ3v) is 5.22. The summed E-state index contributed by atoms with van der Waals surface area (Å²) in [6, 6.07) is 14.7. The first kappa shape index (κ1) is 16.9. The van der Waals surface area contributed by atoms with Crippen LogP contribution in [-0.2, 0) is 11.3 Å². The van der Waals surface area contributed by atoms with Gasteiger partial charge in [-0.15, -0.1) is 0 Å². The molecule has 0 unspecified atom stereocenters. The van der Waals surface area contributed by atoms with E-state index in [1.54, 1.807) is 6.20 Å². The second-order valence-corrected chi connectivity index (χ2v) is 7.06. The van der Waals surface area contributed by atoms with E-state index < -0.39 is 0 Å². The molecule has 4 heterocycles. The number of nitriles is 1. The van der Waals surface area contributed by atoms with Gasteiger partial charge in [-0.05, 0) is 29.3 Å². The number of nitrogens with zero attached hydrogens (tertiary/aromatic N) is 4. The summed E-state index contributed by atoms with van der Waals surface area (Å²) in [5.41, 5.74) is 5.59. The standard InChI is InChI=1S/C22H19N5O/c23-11-18-10-19-20-9-17(12-25-22(20)26-21(19)13-24-18)16-3-1-2-15(8-16)14-27-4-6-28-7-5-27/h1-3,8-10,12-13H,4-7,14H2,(H,25,26). The normalized spacial score (nSPS) is 15.1. The Labute approximate surface area is 162 Å². The maximum Gasteiger partial charge on any atom is 0.141 e. The van der Waals surface area contributed by atoms with Crippen LogP contribution in [-0.4, -0.2) is 46.2 Å². The number of pyridine rings is 2. The molecule has 1 fully saturated rings. The van der Waals surface area contributed by atoms with Crippen LogP contribution >= 0.6 is 0 Å². The van der Waals surface area contributed by atoms with Crippen molar-refractivity contribution < 1.29 is 4.74 Å². The topological polar surface area (TPSA) is 77.8 Å². The van der Waals surface area contributed by atoms with E-state index in [1.165, 1.54) is 5.56 Å². The van der Waals surface area contributed by atoms with E-state index in [9.17, 15) is 0 Å². The minimum absolute atomic E-state index is 0.409. The zero-order valence-corrected chi connectivity index (χ0v) is 15.4. The van der Waals surface area contributed by atoms with Gasteiger partial charge in [0.05, 0.1) is 24.9 Å². The fourth-order valence-electron chi connectivity index (χ4n) is 3.76. The van der Waals surface area contributed by atoms with Crippen molar-refractivity contribution in [1.29, 1.82) is 5.26 Å². The van der Waals surface area contributed by atoms with E-state index in [0.717, 1.165) is 65.9 Å². The lowest BCUT2D eigenvalue weighted by atomic mass is 10.0. The van der Waals surface area contributed by atoms with Crippen LogP contribution in [0.25, 0.3) is 33.1 Å². The lowest BCUT2D eigenvalue weighted by Gasteiger charge is -2.26. The Balaban J connectivity index is 1.52. The van der Waals surface area contributed by atoms with Crippen LogP contribution in [0.1, 0.15) is 11.3 Å². The summed E-state index contributed by atoms with van der Waals surface area (Å²) in [6.07, 6.45) is 3.59. The lowest BCUT2D eigenvalue weighted by molar-refractivity contribution is 0.0342. The Bertz CT molecular complexity index is 1200. The smallest absolute Gasteiger partial charge is 0.141 e. The predicted molar refractivity (Wildman–Crippen MR) is 108 cm³/mol. The van der Waals surface area contributed by atoms with Crippen LogP contribution in [0.4, 0.5) is 0 Å². The second kappa shape index (κ2) is 7.04. The maximum absolute atomic E-state index is 9.15. The molecule has 4 aromatic rings. The van der Waals surface area contributed by atoms with Gasteiger partial charge in [0, 0.05) is 42.2 Å². The van der Waals surface area contributed by atoms with Gasteiger partial charge in [0.15, 0.2) is 0 Å². The van der Waals surface area contributed by atoms with Gasteiger partial charge in [-0.1, -0.05) is 18.2 Å². The fraction of sp³-hybridized carbons (Fsp3) is 0.227. The van der Waals surface area contributed by atoms with E-state index in [4.69, 9.17) is 10.00 Å². The number of rotatable bonds is 3. The zero-order valence-electron chi connectivity index (χ0n) is 15.4. The van der Waals surface area contributed by atoms with Crippen molar-refractivity contribution in [2.45, 2.75) is 6.54 Å². The number of morpholine rings is 1. The number of benzene rings is 1. The highest BCUT2D eigenvalue weighted by Gasteiger charge is 2.12. The summed E-state index contributed by atoms with van der Waals surface area (Å²) in [5, 5.41) is 11.1. The first-order valence-electron chi connectivity index (χ1n) is 9.37. The van der Waals surface area contributed by atoms with Gasteiger partial charge >= 0.3 is 0 Å². The third kappa shape index (κ3) is 3.11. The summed E-state index contributed by atoms with van der Waals surface area (Å²) in [5.74, 6) is 0. The summed E-state index contributed by atoms with van der Waals surface area (Å²) >= 11 is 0. The number of hydrogen-bond donors (Lipinski definition) is 1. The largest absolute Gasteiger partial charge is 0.379 e. The molecule has 1 N–H and O–H groups in total. The first-order valence-corrected chi connectivity index (χ1v) is 9.37. The molecule has 6 nitrogen and oxygen atoms in total. The zero-order chi connectivity index (χ0) is 18.9. The summed E-state index contributed by atoms with van der Waals surface area (Å²) in [4.78, 5) is 14.4. The van der Waals surface area contributed by atoms with Crippen molar-refractivity contribution in [2.75, 3.05) is 26.3 Å². The first-order chi connectivity index (χ1) is 13.8. The van der Waals surface area contributed by atoms with E-state index in [0.29, 0.717) is 5.69 Å². The molecule has 3 aromatic heterocycles. The highest BCUT2D eigenvalue weighted by Crippen LogP contribution is 2.29. The molecule has 0 spiro atoms. The molecule has 0 atom stereocenters. The maximum atomic E-state index is 9.15. The molecule has 1 aliphatic rings. The minimum Gasteiger partial charge on any atom is -0.379 e. The van der Waals surface area contributed by atoms with Crippen molar-refractivity contribution in [3.8, 4) is 17.2 Å². The van der Waals surface area contributed by atoms with Gasteiger partial charge in [0.2, 0.25) is 0 Å². The van der Waals surface area contributed by atoms with Crippen LogP contribution in [0.15, 0.2) is 48.8 Å². The van der Waals surface area contributed by atoms with Crippen LogP contribution in [0.3, 0.4) is 0 Å². The van der Waals surface area contributed by atoms with Gasteiger partial charge in [-0.2, -0.15) is 5.26 Å². The van der Waals surface area contributed by atoms with E-state index in [2.05, 4.69) is 56.3 Å². The molecule has 1 aromatic carbocycles. The Morgan fingerprint density at radius 2 is 1.93 bits per heavy atom. The predicted octanol–water partition coefficient (Wildman–Crippen LogP) is 3.48. The number of ether oxygens (including phenoxy) is 1. The van der Waals surface area contributed by atoms with Gasteiger partial charge in [0.25, 0.3) is 0 Å². The van der Waals surface area contributed by atoms with E-state index in [1.807, 2.05) is 12.3 Å². The summed E-state index contributed by atoms with van der Waals surface area (Å²) in [7, 11) is 0. The molecular formula is C22H19N5O. The SMILES string of the molecule is N#Cc1cc2c(cn1)[nH]c1ncc(-c3cccc(CN4CCOCC4)c3)cc12. The second-order valence-electron chi connectivity index (χ2n) is 7.06. The van der Waals surface area contributed by atoms with Crippen LogP contribution in [0.5, 0.6) is 0 Å². The fourth-order valence-corrected chi connectivity index (χ4v) is 3.76. The van der Waals surface area contributed by atoms with Crippen LogP contribution < -0.4 is 0 Å². The van der Waals surface area contributed by atoms with Crippen molar-refractivity contribution >= 4 is 21.9 Å². The number of H-pyrrole nitrogens is 1. The van der Waals surface area contributed by atoms with E-state index in [-0.39, 0.29) is 0 Å². The van der Waals surface area contributed by atoms with Crippen molar-refractivity contribution in [3.05, 3.63) is 60.0 Å². The number of aromatic nitrogens is 3. The van der Waals surface area contributed by atoms with Gasteiger partial charge in [-0.3, -0.25) is 4.90 Å². The molecule has 0 radical (unpaired) electrons. The third-order valence-electron chi connectivity index (χ3n) is 5.22. The molecule has 1 aliphatic heterocycles. The Morgan fingerprint density at radius 1 is 1.04 bits per heavy atom. The molecular weight excluding hydrogens is 350 g/mol. The molecule has 6 heteroatoms. The molecule has 28 heavy (non-hydrogen) atoms. The average Bonchev–Trinajstić information content (AvgIpc) is 3.11. The minimum atomic E-state index is 0.409. The Morgan fingerprint density at radius 3 is 2.79 bits per heavy atom. The molecule has 138 valence electrons. The number of fused-ring (bicyclic) bond motifs is 3. The van der Waals surface area contributed by atoms with E-state index >= 15 is 0 Å². The summed E-state index contributed by atoms with van der Waals surface area (Å²) < 4.78 is 5.44. The monoisotopic (exact) mass is 369 g/mol. The molecule has 0 aliphatic carbocycles. The van der Waals surface area contributed by atoms with Gasteiger partial charge in [-0.25, -0.2) is 9.97 Å². The van der Waals surface area contributed by atoms with Gasteiger partial charge in [0.1, 0.15) is 17.4 Å². The average molecular weight is 369 g/mol. The number of aromatic amines is 1. The van der Waals surface area contributed by atoms with Crippen molar-refractivity contribution in [3.63, 3.8) is 0 Å². The molecule has 0 bridgehead atoms. The highest BCUT2D eigenvalue weighted by atomic mass is 16.5. The Hall–Kier alpha value is -3.27. The van der Waals surface area contributed by atoms with Crippen molar-refractivity contribution in [1.82, 2.24) is 19.9 Å². The molecule has 0 amide bonds. The molecule has 5 rings (SSSR count). The van der Waals surface area contributed by atoms with Crippen molar-refractivity contribution in [2.24, 2.45) is 0 Å². The lowest BCUT2D eigenvalue weighted by Crippen LogP contribution is -2.35. The summed E-state index contributed by atoms with van der Waals surface area (Å²) in [6.45, 7) is 4.49. The number of hydrogen-bond acceptors (Lipinski definition) is 5. The Kier molecular flexibility index (Phi) is 4.24. The molecule has 1 saturated heterocycles. The quantitative estimate of drug-likeness (QED) is 0.598. The van der Waals surface area contributed by atoms with Crippen LogP contribution in [0.2, 0.25) is 0 Å². The molecule has 0 saturated carbocycles. The number of nitrogens with one attached hydrogen (secondary N) is 1. The highest BCUT2D eigenvalue weighted by molar-refractivity contribution is 6.06. The van der Waals surface area contributed by atoms with Crippen LogP contribution in [0, 0.1) is 11.3 Å². The van der Waals surface area contributed by atoms with Gasteiger partial charge < -0.3 is 9.72 Å².